The first-order valence-corrected chi connectivity index (χ1v) is 27.0. The third-order valence-electron chi connectivity index (χ3n) is 14.8. The summed E-state index contributed by atoms with van der Waals surface area (Å²) in [6, 6.07) is -1.66. The predicted octanol–water partition coefficient (Wildman–Crippen LogP) is -16.2. The molecule has 0 spiro atoms. The monoisotopic (exact) mass is 1230 g/mol. The van der Waals surface area contributed by atoms with Crippen LogP contribution in [0.4, 0.5) is 0 Å². The van der Waals surface area contributed by atoms with Crippen molar-refractivity contribution in [2.24, 2.45) is 5.73 Å². The maximum absolute atomic E-state index is 12.1. The number of phosphoric acid groups is 1. The Kier molecular flexibility index (Phi) is 24.0. The highest BCUT2D eigenvalue weighted by molar-refractivity contribution is 7.46. The zero-order valence-electron chi connectivity index (χ0n) is 42.6. The van der Waals surface area contributed by atoms with E-state index in [2.05, 4.69) is 4.52 Å². The fraction of sp³-hybridized carbons (Fsp3) is 1.00. The Balaban J connectivity index is 1.20. The highest BCUT2D eigenvalue weighted by Gasteiger charge is 2.58. The SMILES string of the molecule is N[C@H]1C(O)O[C@H](CO)[C@@H](O[C@H]2O[C@H](CO[C@H]3O[C@H](CO)[C@@H](O)[C@H](O)[C@@H]3O[C@H]3O[C@H](COP(=O)(O)O)[C@@H](O)[C@H](O)[C@@H]3O)[C@@H](O)[C@H](O[C@H]3O[C@H](CO[C@H]4O[C@H](CO)[C@H](O)[C@H](O)[C@H]4O)[C@H](O)[C@H](O)[C@H]3O[C@H]3O[C@H](CO)[C@H](O)[C@H](O)[C@H]3O)[C@@H]2O)[C@@H]1O. The molecule has 0 aromatic heterocycles. The number of phosphoric ester groups is 1. The molecule has 7 fully saturated rings. The number of ether oxygens (including phenoxy) is 13. The van der Waals surface area contributed by atoms with E-state index in [0.717, 1.165) is 0 Å². The molecule has 7 rings (SSSR count). The van der Waals surface area contributed by atoms with Gasteiger partial charge in [-0.2, -0.15) is 0 Å². The standard InChI is InChI=1S/C42H74NO38P/c43-15-22(54)32(11(4-47)71-36(15)64)78-40-31(63)33(21(53)13(75-40)6-69-41-34(26(58)18(50)10(3-46)74-41)80-39-30(62)25(57)19(51)14(76-39)7-70-82(65,66)67)79-42-35(81-38-29(61)24(56)17(49)9(2-45)73-38)27(59)20(52)12(77-42)5-68-37-28(60)23(55)16(48)8(1-44)72-37/h8-42,44-64H,1-7,43H2,(H2,65,66,67)/t8-,9-,10-,11-,12-,13-,14-,15-,16+,17+,18-,19-,20+,21-,22-,23+,24+,25+,26+,27+,28-,29-,30+,31+,32-,33+,34+,35-,36?,37+,38-,39-,40-,41+,42-/m1/s1. The van der Waals surface area contributed by atoms with Gasteiger partial charge in [0.25, 0.3) is 0 Å². The Morgan fingerprint density at radius 3 is 1.16 bits per heavy atom. The van der Waals surface area contributed by atoms with Crippen molar-refractivity contribution in [3.8, 4) is 0 Å². The average Bonchev–Trinajstić information content (AvgIpc) is 3.36. The second-order valence-corrected chi connectivity index (χ2v) is 21.6. The van der Waals surface area contributed by atoms with Crippen LogP contribution in [0.3, 0.4) is 0 Å². The van der Waals surface area contributed by atoms with Crippen LogP contribution in [0.25, 0.3) is 0 Å². The van der Waals surface area contributed by atoms with Crippen LogP contribution in [-0.4, -0.2) is 378 Å². The number of hydrogen-bond donors (Lipinski definition) is 24. The highest BCUT2D eigenvalue weighted by Crippen LogP contribution is 2.39. The van der Waals surface area contributed by atoms with E-state index in [1.165, 1.54) is 0 Å². The summed E-state index contributed by atoms with van der Waals surface area (Å²) in [4.78, 5) is 18.4. The molecule has 0 aliphatic carbocycles. The van der Waals surface area contributed by atoms with E-state index in [4.69, 9.17) is 67.3 Å². The molecule has 0 bridgehead atoms. The van der Waals surface area contributed by atoms with Crippen LogP contribution < -0.4 is 5.73 Å². The fourth-order valence-electron chi connectivity index (χ4n) is 9.94. The Morgan fingerprint density at radius 2 is 0.659 bits per heavy atom. The van der Waals surface area contributed by atoms with Gasteiger partial charge in [0.05, 0.1) is 52.3 Å². The number of rotatable bonds is 21. The van der Waals surface area contributed by atoms with Crippen LogP contribution in [0.15, 0.2) is 0 Å². The summed E-state index contributed by atoms with van der Waals surface area (Å²) in [5.74, 6) is 0. The summed E-state index contributed by atoms with van der Waals surface area (Å²) in [6.45, 7) is -7.14. The second-order valence-electron chi connectivity index (χ2n) is 20.3. The van der Waals surface area contributed by atoms with Gasteiger partial charge in [-0.15, -0.1) is 0 Å². The summed E-state index contributed by atoms with van der Waals surface area (Å²) in [5.41, 5.74) is 5.91. The van der Waals surface area contributed by atoms with E-state index in [9.17, 15) is 122 Å². The number of nitrogens with two attached hydrogens (primary N) is 1. The minimum atomic E-state index is -5.24. The zero-order valence-corrected chi connectivity index (χ0v) is 43.5. The van der Waals surface area contributed by atoms with Gasteiger partial charge in [0.1, 0.15) is 165 Å². The molecule has 40 heteroatoms. The largest absolute Gasteiger partial charge is 0.469 e. The molecule has 7 aliphatic rings. The van der Waals surface area contributed by atoms with Crippen molar-refractivity contribution in [1.82, 2.24) is 0 Å². The molecule has 0 amide bonds. The van der Waals surface area contributed by atoms with Gasteiger partial charge in [-0.3, -0.25) is 4.52 Å². The molecule has 1 unspecified atom stereocenters. The molecule has 0 aromatic rings. The van der Waals surface area contributed by atoms with Crippen molar-refractivity contribution in [1.29, 1.82) is 0 Å². The summed E-state index contributed by atoms with van der Waals surface area (Å²) in [5, 5.41) is 226. The third kappa shape index (κ3) is 14.9. The average molecular weight is 1230 g/mol. The first-order chi connectivity index (χ1) is 38.6. The number of hydrogen-bond acceptors (Lipinski definition) is 37. The van der Waals surface area contributed by atoms with Crippen LogP contribution >= 0.6 is 7.82 Å². The summed E-state index contributed by atoms with van der Waals surface area (Å²) < 4.78 is 89.6. The maximum atomic E-state index is 12.1. The van der Waals surface area contributed by atoms with Gasteiger partial charge < -0.3 is 184 Å². The molecule has 0 saturated carbocycles. The van der Waals surface area contributed by atoms with E-state index in [1.807, 2.05) is 0 Å². The van der Waals surface area contributed by atoms with Crippen molar-refractivity contribution >= 4 is 7.82 Å². The molecule has 7 aliphatic heterocycles. The minimum absolute atomic E-state index is 0.900. The normalized spacial score (nSPS) is 51.7. The number of aliphatic hydroxyl groups excluding tert-OH is 21. The Hall–Kier alpha value is -1.29. The van der Waals surface area contributed by atoms with Crippen molar-refractivity contribution in [2.75, 3.05) is 46.2 Å². The van der Waals surface area contributed by atoms with Crippen LogP contribution in [0.5, 0.6) is 0 Å². The molecule has 0 radical (unpaired) electrons. The first-order valence-electron chi connectivity index (χ1n) is 25.5. The Labute approximate surface area is 461 Å². The lowest BCUT2D eigenvalue weighted by molar-refractivity contribution is -0.400. The van der Waals surface area contributed by atoms with Crippen LogP contribution in [0, 0.1) is 0 Å². The lowest BCUT2D eigenvalue weighted by atomic mass is 9.95. The van der Waals surface area contributed by atoms with Gasteiger partial charge in [-0.25, -0.2) is 4.57 Å². The first kappa shape index (κ1) is 68.2. The second kappa shape index (κ2) is 28.9. The van der Waals surface area contributed by atoms with E-state index < -0.39 is 269 Å². The van der Waals surface area contributed by atoms with E-state index in [-0.39, 0.29) is 0 Å². The minimum Gasteiger partial charge on any atom is -0.394 e. The van der Waals surface area contributed by atoms with Gasteiger partial charge >= 0.3 is 7.82 Å². The third-order valence-corrected chi connectivity index (χ3v) is 15.3. The van der Waals surface area contributed by atoms with Gasteiger partial charge in [0, 0.05) is 0 Å². The van der Waals surface area contributed by atoms with Crippen LogP contribution in [-0.2, 0) is 70.7 Å². The molecule has 39 nitrogen and oxygen atoms in total. The van der Waals surface area contributed by atoms with Gasteiger partial charge in [-0.05, 0) is 0 Å². The molecule has 0 aromatic carbocycles. The van der Waals surface area contributed by atoms with Crippen molar-refractivity contribution in [3.63, 3.8) is 0 Å². The molecule has 480 valence electrons. The Morgan fingerprint density at radius 1 is 0.317 bits per heavy atom. The fourth-order valence-corrected chi connectivity index (χ4v) is 10.3. The molecule has 35 atom stereocenters. The van der Waals surface area contributed by atoms with Crippen molar-refractivity contribution < 1.29 is 188 Å². The van der Waals surface area contributed by atoms with Crippen LogP contribution in [0.2, 0.25) is 0 Å². The molecular weight excluding hydrogens is 1160 g/mol. The quantitative estimate of drug-likeness (QED) is 0.0475. The Bertz CT molecular complexity index is 2000. The van der Waals surface area contributed by atoms with E-state index in [1.54, 1.807) is 0 Å². The zero-order chi connectivity index (χ0) is 60.6. The lowest BCUT2D eigenvalue weighted by Gasteiger charge is -2.50. The molecule has 25 N–H and O–H groups in total. The van der Waals surface area contributed by atoms with Crippen molar-refractivity contribution in [2.45, 2.75) is 215 Å². The molecule has 7 saturated heterocycles. The van der Waals surface area contributed by atoms with Gasteiger partial charge in [-0.1, -0.05) is 0 Å². The lowest BCUT2D eigenvalue weighted by Crippen LogP contribution is -2.68. The highest BCUT2D eigenvalue weighted by atomic mass is 31.2. The summed E-state index contributed by atoms with van der Waals surface area (Å²) in [7, 11) is -5.24. The maximum Gasteiger partial charge on any atom is 0.469 e. The molecular formula is C42H74NO38P. The van der Waals surface area contributed by atoms with Crippen molar-refractivity contribution in [3.05, 3.63) is 0 Å². The summed E-state index contributed by atoms with van der Waals surface area (Å²) in [6.07, 6.45) is -69.8. The summed E-state index contributed by atoms with van der Waals surface area (Å²) >= 11 is 0. The molecule has 82 heavy (non-hydrogen) atoms. The van der Waals surface area contributed by atoms with Gasteiger partial charge in [0.2, 0.25) is 0 Å². The van der Waals surface area contributed by atoms with Gasteiger partial charge in [0.15, 0.2) is 44.0 Å². The predicted molar refractivity (Wildman–Crippen MR) is 245 cm³/mol. The van der Waals surface area contributed by atoms with E-state index >= 15 is 0 Å². The topological polar surface area (TPSA) is 638 Å². The van der Waals surface area contributed by atoms with Crippen LogP contribution in [0.1, 0.15) is 0 Å². The number of aliphatic hydroxyl groups is 21. The van der Waals surface area contributed by atoms with E-state index in [0.29, 0.717) is 0 Å². The molecule has 7 heterocycles. The smallest absolute Gasteiger partial charge is 0.394 e.